The number of hydrogen-bond donors (Lipinski definition) is 3. The van der Waals surface area contributed by atoms with Crippen molar-refractivity contribution in [2.45, 2.75) is 84.0 Å². The van der Waals surface area contributed by atoms with Crippen LogP contribution < -0.4 is 0 Å². The van der Waals surface area contributed by atoms with E-state index in [1.165, 1.54) is 0 Å². The molecule has 0 unspecified atom stereocenters. The Morgan fingerprint density at radius 3 is 2.59 bits per heavy atom. The van der Waals surface area contributed by atoms with Crippen molar-refractivity contribution >= 4 is 5.97 Å². The van der Waals surface area contributed by atoms with E-state index in [0.717, 1.165) is 24.8 Å². The van der Waals surface area contributed by atoms with Gasteiger partial charge in [-0.25, -0.2) is 0 Å². The summed E-state index contributed by atoms with van der Waals surface area (Å²) in [4.78, 5) is 12.6. The van der Waals surface area contributed by atoms with Crippen LogP contribution in [0.4, 0.5) is 0 Å². The van der Waals surface area contributed by atoms with E-state index >= 15 is 0 Å². The lowest BCUT2D eigenvalue weighted by atomic mass is 9.47. The molecule has 0 aromatic rings. The van der Waals surface area contributed by atoms with Gasteiger partial charge in [-0.15, -0.1) is 0 Å². The summed E-state index contributed by atoms with van der Waals surface area (Å²) in [6.07, 6.45) is 9.50. The van der Waals surface area contributed by atoms with Crippen LogP contribution in [0, 0.1) is 28.1 Å². The first-order chi connectivity index (χ1) is 13.5. The molecule has 2 saturated carbocycles. The van der Waals surface area contributed by atoms with Crippen molar-refractivity contribution in [3.05, 3.63) is 23.8 Å². The Hall–Kier alpha value is -1.17. The summed E-state index contributed by atoms with van der Waals surface area (Å²) in [5, 5.41) is 32.5. The van der Waals surface area contributed by atoms with Crippen LogP contribution in [0.25, 0.3) is 0 Å². The van der Waals surface area contributed by atoms with E-state index in [2.05, 4.69) is 13.0 Å². The molecule has 5 nitrogen and oxygen atoms in total. The van der Waals surface area contributed by atoms with Crippen LogP contribution in [-0.4, -0.2) is 45.7 Å². The van der Waals surface area contributed by atoms with Crippen LogP contribution in [0.2, 0.25) is 0 Å². The third-order valence-electron chi connectivity index (χ3n) is 8.62. The van der Waals surface area contributed by atoms with Gasteiger partial charge in [-0.1, -0.05) is 25.2 Å². The van der Waals surface area contributed by atoms with E-state index in [-0.39, 0.29) is 30.5 Å². The molecule has 4 aliphatic rings. The fourth-order valence-electron chi connectivity index (χ4n) is 6.66. The third kappa shape index (κ3) is 2.88. The number of aliphatic hydroxyl groups is 3. The minimum absolute atomic E-state index is 0.0340. The molecule has 0 aromatic heterocycles. The summed E-state index contributed by atoms with van der Waals surface area (Å²) in [5.74, 6) is -0.168. The number of allylic oxidation sites excluding steroid dienone is 1. The molecular formula is C24H36O5. The van der Waals surface area contributed by atoms with Gasteiger partial charge >= 0.3 is 5.97 Å². The summed E-state index contributed by atoms with van der Waals surface area (Å²) in [7, 11) is 0. The molecule has 0 bridgehead atoms. The molecule has 7 atom stereocenters. The summed E-state index contributed by atoms with van der Waals surface area (Å²) in [6, 6.07) is 0. The van der Waals surface area contributed by atoms with Crippen LogP contribution in [-0.2, 0) is 9.53 Å². The lowest BCUT2D eigenvalue weighted by Gasteiger charge is -2.59. The maximum Gasteiger partial charge on any atom is 0.311 e. The van der Waals surface area contributed by atoms with E-state index in [9.17, 15) is 20.1 Å². The van der Waals surface area contributed by atoms with Gasteiger partial charge in [0.15, 0.2) is 0 Å². The van der Waals surface area contributed by atoms with Crippen molar-refractivity contribution < 1.29 is 24.9 Å². The Bertz CT molecular complexity index is 749. The SMILES string of the molecule is CC(C)(C)C(=O)O[C@H]1CC[C@]2(O)[C@@H]3C=CC4=C[C@@H](O)CC[C@]4(CO)[C@H]3CC[C@]12C. The minimum Gasteiger partial charge on any atom is -0.461 e. The van der Waals surface area contributed by atoms with Crippen LogP contribution in [0.3, 0.4) is 0 Å². The van der Waals surface area contributed by atoms with Crippen LogP contribution in [0.5, 0.6) is 0 Å². The fraction of sp³-hybridized carbons (Fsp3) is 0.792. The number of carbonyl (C=O) groups excluding carboxylic acids is 1. The van der Waals surface area contributed by atoms with E-state index < -0.39 is 27.9 Å². The molecule has 4 aliphatic carbocycles. The second kappa shape index (κ2) is 6.66. The highest BCUT2D eigenvalue weighted by Gasteiger charge is 2.67. The van der Waals surface area contributed by atoms with Gasteiger partial charge in [0.05, 0.1) is 23.7 Å². The van der Waals surface area contributed by atoms with Crippen LogP contribution in [0.15, 0.2) is 23.8 Å². The average Bonchev–Trinajstić information content (AvgIpc) is 2.92. The van der Waals surface area contributed by atoms with Crippen molar-refractivity contribution in [3.63, 3.8) is 0 Å². The number of carbonyl (C=O) groups is 1. The van der Waals surface area contributed by atoms with Gasteiger partial charge in [0.25, 0.3) is 0 Å². The normalized spacial score (nSPS) is 46.4. The Morgan fingerprint density at radius 2 is 1.93 bits per heavy atom. The zero-order chi connectivity index (χ0) is 21.2. The zero-order valence-electron chi connectivity index (χ0n) is 18.1. The van der Waals surface area contributed by atoms with E-state index in [1.54, 1.807) is 0 Å². The van der Waals surface area contributed by atoms with Crippen molar-refractivity contribution in [1.82, 2.24) is 0 Å². The fourth-order valence-corrected chi connectivity index (χ4v) is 6.66. The van der Waals surface area contributed by atoms with Gasteiger partial charge in [-0.2, -0.15) is 0 Å². The molecule has 4 rings (SSSR count). The smallest absolute Gasteiger partial charge is 0.311 e. The third-order valence-corrected chi connectivity index (χ3v) is 8.62. The average molecular weight is 405 g/mol. The number of hydrogen-bond acceptors (Lipinski definition) is 5. The number of ether oxygens (including phenoxy) is 1. The van der Waals surface area contributed by atoms with Crippen molar-refractivity contribution in [2.75, 3.05) is 6.61 Å². The number of fused-ring (bicyclic) bond motifs is 5. The van der Waals surface area contributed by atoms with Gasteiger partial charge in [0, 0.05) is 16.7 Å². The van der Waals surface area contributed by atoms with Crippen molar-refractivity contribution in [3.8, 4) is 0 Å². The van der Waals surface area contributed by atoms with Crippen LogP contribution in [0.1, 0.15) is 66.2 Å². The molecule has 29 heavy (non-hydrogen) atoms. The molecule has 162 valence electrons. The lowest BCUT2D eigenvalue weighted by Crippen LogP contribution is -2.62. The molecule has 0 aromatic carbocycles. The van der Waals surface area contributed by atoms with Gasteiger partial charge in [0.2, 0.25) is 0 Å². The lowest BCUT2D eigenvalue weighted by molar-refractivity contribution is -0.195. The largest absolute Gasteiger partial charge is 0.461 e. The molecule has 5 heteroatoms. The standard InChI is InChI=1S/C24H36O5/c1-21(2,3)20(27)29-19-9-12-24(28)18-6-5-15-13-16(26)7-11-23(15,14-25)17(18)8-10-22(19,24)4/h5-6,13,16-19,25-26,28H,7-12,14H2,1-4H3/t16-,17-,18+,19-,22+,23+,24-/m0/s1. The second-order valence-corrected chi connectivity index (χ2v) is 11.1. The molecule has 2 fully saturated rings. The molecule has 0 amide bonds. The first-order valence-corrected chi connectivity index (χ1v) is 11.1. The van der Waals surface area contributed by atoms with Gasteiger partial charge in [0.1, 0.15) is 6.10 Å². The molecule has 0 radical (unpaired) electrons. The highest BCUT2D eigenvalue weighted by atomic mass is 16.5. The molecular weight excluding hydrogens is 368 g/mol. The van der Waals surface area contributed by atoms with E-state index in [0.29, 0.717) is 19.3 Å². The topological polar surface area (TPSA) is 87.0 Å². The summed E-state index contributed by atoms with van der Waals surface area (Å²) >= 11 is 0. The Labute approximate surface area is 173 Å². The molecule has 0 heterocycles. The predicted octanol–water partition coefficient (Wildman–Crippen LogP) is 3.13. The quantitative estimate of drug-likeness (QED) is 0.616. The van der Waals surface area contributed by atoms with Gasteiger partial charge < -0.3 is 20.1 Å². The number of rotatable bonds is 2. The highest BCUT2D eigenvalue weighted by Crippen LogP contribution is 2.66. The zero-order valence-corrected chi connectivity index (χ0v) is 18.1. The maximum absolute atomic E-state index is 12.6. The minimum atomic E-state index is -0.959. The van der Waals surface area contributed by atoms with Crippen molar-refractivity contribution in [2.24, 2.45) is 28.1 Å². The molecule has 0 aliphatic heterocycles. The number of aliphatic hydroxyl groups excluding tert-OH is 2. The summed E-state index contributed by atoms with van der Waals surface area (Å²) in [6.45, 7) is 7.68. The molecule has 0 spiro atoms. The van der Waals surface area contributed by atoms with Crippen molar-refractivity contribution in [1.29, 1.82) is 0 Å². The predicted molar refractivity (Wildman–Crippen MR) is 110 cm³/mol. The Morgan fingerprint density at radius 1 is 1.21 bits per heavy atom. The van der Waals surface area contributed by atoms with E-state index in [4.69, 9.17) is 4.74 Å². The van der Waals surface area contributed by atoms with E-state index in [1.807, 2.05) is 32.9 Å². The molecule has 0 saturated heterocycles. The molecule has 3 N–H and O–H groups in total. The summed E-state index contributed by atoms with van der Waals surface area (Å²) < 4.78 is 5.95. The van der Waals surface area contributed by atoms with Crippen LogP contribution >= 0.6 is 0 Å². The Kier molecular flexibility index (Phi) is 4.84. The van der Waals surface area contributed by atoms with Gasteiger partial charge in [-0.05, 0) is 70.8 Å². The van der Waals surface area contributed by atoms with Gasteiger partial charge in [-0.3, -0.25) is 4.79 Å². The first-order valence-electron chi connectivity index (χ1n) is 11.1. The maximum atomic E-state index is 12.6. The monoisotopic (exact) mass is 404 g/mol. The Balaban J connectivity index is 1.68. The summed E-state index contributed by atoms with van der Waals surface area (Å²) in [5.41, 5.74) is -1.40. The first kappa shape index (κ1) is 21.1. The number of esters is 1. The second-order valence-electron chi connectivity index (χ2n) is 11.1. The highest BCUT2D eigenvalue weighted by molar-refractivity contribution is 5.75.